The van der Waals surface area contributed by atoms with Gasteiger partial charge in [0.2, 0.25) is 0 Å². The number of nitrogens with zero attached hydrogens (tertiary/aromatic N) is 2. The van der Waals surface area contributed by atoms with E-state index in [1.54, 1.807) is 6.07 Å². The first-order chi connectivity index (χ1) is 12.1. The molecule has 0 atom stereocenters. The van der Waals surface area contributed by atoms with E-state index >= 15 is 0 Å². The van der Waals surface area contributed by atoms with Crippen LogP contribution >= 0.6 is 0 Å². The number of benzene rings is 2. The van der Waals surface area contributed by atoms with E-state index in [0.29, 0.717) is 5.75 Å². The topological polar surface area (TPSA) is 64.8 Å². The number of non-ortho nitro benzene ring substituents is 1. The van der Waals surface area contributed by atoms with Crippen LogP contribution in [0.25, 0.3) is 0 Å². The number of hydrogen-bond donors (Lipinski definition) is 0. The van der Waals surface area contributed by atoms with Crippen LogP contribution in [0.15, 0.2) is 48.5 Å². The van der Waals surface area contributed by atoms with Gasteiger partial charge in [0.25, 0.3) is 5.69 Å². The van der Waals surface area contributed by atoms with Crippen LogP contribution < -0.4 is 9.47 Å². The maximum absolute atomic E-state index is 10.8. The van der Waals surface area contributed by atoms with Gasteiger partial charge in [-0.05, 0) is 49.7 Å². The number of ether oxygens (including phenoxy) is 2. The molecule has 0 bridgehead atoms. The molecule has 3 rings (SSSR count). The van der Waals surface area contributed by atoms with Gasteiger partial charge < -0.3 is 14.4 Å². The molecular formula is C19H22N2O4. The first-order valence-electron chi connectivity index (χ1n) is 8.41. The van der Waals surface area contributed by atoms with E-state index in [1.165, 1.54) is 12.1 Å². The zero-order chi connectivity index (χ0) is 17.6. The number of likely N-dealkylation sites (tertiary alicyclic amines) is 1. The lowest BCUT2D eigenvalue weighted by atomic mass is 10.1. The van der Waals surface area contributed by atoms with E-state index in [1.807, 2.05) is 30.3 Å². The van der Waals surface area contributed by atoms with E-state index in [4.69, 9.17) is 9.47 Å². The first-order valence-corrected chi connectivity index (χ1v) is 8.41. The molecule has 0 saturated carbocycles. The Morgan fingerprint density at radius 1 is 1.12 bits per heavy atom. The van der Waals surface area contributed by atoms with Crippen LogP contribution in [0.2, 0.25) is 0 Å². The number of rotatable bonds is 6. The van der Waals surface area contributed by atoms with Gasteiger partial charge in [-0.25, -0.2) is 0 Å². The van der Waals surface area contributed by atoms with Gasteiger partial charge in [0.1, 0.15) is 24.2 Å². The molecule has 6 nitrogen and oxygen atoms in total. The van der Waals surface area contributed by atoms with Crippen molar-refractivity contribution in [1.82, 2.24) is 4.90 Å². The summed E-state index contributed by atoms with van der Waals surface area (Å²) in [5.41, 5.74) is 0.837. The minimum Gasteiger partial charge on any atom is -0.490 e. The summed E-state index contributed by atoms with van der Waals surface area (Å²) in [5, 5.41) is 10.8. The van der Waals surface area contributed by atoms with Gasteiger partial charge in [-0.1, -0.05) is 12.1 Å². The molecule has 1 aliphatic heterocycles. The molecule has 0 aromatic heterocycles. The monoisotopic (exact) mass is 342 g/mol. The summed E-state index contributed by atoms with van der Waals surface area (Å²) in [5.74, 6) is 1.56. The quantitative estimate of drug-likeness (QED) is 0.592. The van der Waals surface area contributed by atoms with Gasteiger partial charge in [0.05, 0.1) is 4.92 Å². The first kappa shape index (κ1) is 17.2. The Morgan fingerprint density at radius 2 is 1.80 bits per heavy atom. The number of piperidine rings is 1. The van der Waals surface area contributed by atoms with Crippen LogP contribution in [0.5, 0.6) is 11.5 Å². The Morgan fingerprint density at radius 3 is 2.48 bits per heavy atom. The maximum Gasteiger partial charge on any atom is 0.269 e. The van der Waals surface area contributed by atoms with Crippen molar-refractivity contribution >= 4 is 5.69 Å². The molecule has 2 aromatic rings. The highest BCUT2D eigenvalue weighted by atomic mass is 16.6. The molecule has 0 N–H and O–H groups in total. The molecule has 1 heterocycles. The van der Waals surface area contributed by atoms with Crippen molar-refractivity contribution in [1.29, 1.82) is 0 Å². The predicted molar refractivity (Wildman–Crippen MR) is 95.0 cm³/mol. The van der Waals surface area contributed by atoms with Crippen LogP contribution in [-0.4, -0.2) is 36.1 Å². The van der Waals surface area contributed by atoms with Crippen molar-refractivity contribution < 1.29 is 14.4 Å². The van der Waals surface area contributed by atoms with Crippen LogP contribution in [0.3, 0.4) is 0 Å². The molecule has 0 spiro atoms. The third kappa shape index (κ3) is 4.93. The highest BCUT2D eigenvalue weighted by molar-refractivity contribution is 5.35. The van der Waals surface area contributed by atoms with Gasteiger partial charge in [0.15, 0.2) is 0 Å². The number of nitro benzene ring substituents is 1. The average Bonchev–Trinajstić information content (AvgIpc) is 2.63. The Kier molecular flexibility index (Phi) is 5.50. The predicted octanol–water partition coefficient (Wildman–Crippen LogP) is 3.65. The lowest BCUT2D eigenvalue weighted by Gasteiger charge is -2.29. The van der Waals surface area contributed by atoms with Crippen molar-refractivity contribution in [3.63, 3.8) is 0 Å². The normalized spacial score (nSPS) is 15.7. The minimum absolute atomic E-state index is 0.0722. The van der Waals surface area contributed by atoms with Crippen LogP contribution in [-0.2, 0) is 6.61 Å². The Hall–Kier alpha value is -2.60. The molecule has 0 aliphatic carbocycles. The van der Waals surface area contributed by atoms with Gasteiger partial charge in [-0.15, -0.1) is 0 Å². The zero-order valence-corrected chi connectivity index (χ0v) is 14.3. The molecule has 1 aliphatic rings. The largest absolute Gasteiger partial charge is 0.490 e. The molecule has 0 radical (unpaired) electrons. The fourth-order valence-electron chi connectivity index (χ4n) is 2.84. The summed E-state index contributed by atoms with van der Waals surface area (Å²) in [6, 6.07) is 14.0. The van der Waals surface area contributed by atoms with E-state index in [9.17, 15) is 10.1 Å². The standard InChI is InChI=1S/C19H22N2O4/c1-20-11-9-19(10-12-20)25-18-7-5-17(6-8-18)24-14-15-3-2-4-16(13-15)21(22)23/h2-8,13,19H,9-12,14H2,1H3. The van der Waals surface area contributed by atoms with Crippen molar-refractivity contribution in [2.45, 2.75) is 25.6 Å². The molecule has 6 heteroatoms. The molecule has 0 amide bonds. The summed E-state index contributed by atoms with van der Waals surface area (Å²) in [4.78, 5) is 12.7. The van der Waals surface area contributed by atoms with E-state index in [0.717, 1.165) is 37.2 Å². The second-order valence-corrected chi connectivity index (χ2v) is 6.31. The third-order valence-corrected chi connectivity index (χ3v) is 4.32. The summed E-state index contributed by atoms with van der Waals surface area (Å²) < 4.78 is 11.7. The van der Waals surface area contributed by atoms with Crippen LogP contribution in [0, 0.1) is 10.1 Å². The number of hydrogen-bond acceptors (Lipinski definition) is 5. The number of nitro groups is 1. The lowest BCUT2D eigenvalue weighted by molar-refractivity contribution is -0.384. The van der Waals surface area contributed by atoms with Crippen molar-refractivity contribution in [2.75, 3.05) is 20.1 Å². The van der Waals surface area contributed by atoms with Crippen molar-refractivity contribution in [3.8, 4) is 11.5 Å². The van der Waals surface area contributed by atoms with Crippen LogP contribution in [0.1, 0.15) is 18.4 Å². The maximum atomic E-state index is 10.8. The molecule has 2 aromatic carbocycles. The lowest BCUT2D eigenvalue weighted by Crippen LogP contribution is -2.35. The molecule has 132 valence electrons. The zero-order valence-electron chi connectivity index (χ0n) is 14.3. The fourth-order valence-corrected chi connectivity index (χ4v) is 2.84. The van der Waals surface area contributed by atoms with Gasteiger partial charge in [0, 0.05) is 25.2 Å². The molecule has 0 unspecified atom stereocenters. The summed E-state index contributed by atoms with van der Waals surface area (Å²) >= 11 is 0. The Bertz CT molecular complexity index is 710. The van der Waals surface area contributed by atoms with Crippen molar-refractivity contribution in [2.24, 2.45) is 0 Å². The van der Waals surface area contributed by atoms with Gasteiger partial charge in [-0.2, -0.15) is 0 Å². The Balaban J connectivity index is 1.52. The van der Waals surface area contributed by atoms with E-state index in [2.05, 4.69) is 11.9 Å². The average molecular weight is 342 g/mol. The fraction of sp³-hybridized carbons (Fsp3) is 0.368. The SMILES string of the molecule is CN1CCC(Oc2ccc(OCc3cccc([N+](=O)[O-])c3)cc2)CC1. The second kappa shape index (κ2) is 7.98. The summed E-state index contributed by atoms with van der Waals surface area (Å²) in [7, 11) is 2.13. The third-order valence-electron chi connectivity index (χ3n) is 4.32. The van der Waals surface area contributed by atoms with Gasteiger partial charge >= 0.3 is 0 Å². The smallest absolute Gasteiger partial charge is 0.269 e. The van der Waals surface area contributed by atoms with Crippen molar-refractivity contribution in [3.05, 3.63) is 64.2 Å². The van der Waals surface area contributed by atoms with Crippen LogP contribution in [0.4, 0.5) is 5.69 Å². The van der Waals surface area contributed by atoms with Gasteiger partial charge in [-0.3, -0.25) is 10.1 Å². The Labute approximate surface area is 147 Å². The molecule has 25 heavy (non-hydrogen) atoms. The highest BCUT2D eigenvalue weighted by Gasteiger charge is 2.17. The van der Waals surface area contributed by atoms with E-state index < -0.39 is 4.92 Å². The molecular weight excluding hydrogens is 320 g/mol. The minimum atomic E-state index is -0.404. The highest BCUT2D eigenvalue weighted by Crippen LogP contribution is 2.23. The second-order valence-electron chi connectivity index (χ2n) is 6.31. The summed E-state index contributed by atoms with van der Waals surface area (Å²) in [6.07, 6.45) is 2.36. The molecule has 1 saturated heterocycles. The molecule has 1 fully saturated rings. The van der Waals surface area contributed by atoms with E-state index in [-0.39, 0.29) is 18.4 Å². The summed E-state index contributed by atoms with van der Waals surface area (Å²) in [6.45, 7) is 2.42.